The van der Waals surface area contributed by atoms with Crippen molar-refractivity contribution in [2.45, 2.75) is 50.0 Å². The molecule has 3 heterocycles. The van der Waals surface area contributed by atoms with E-state index >= 15 is 0 Å². The summed E-state index contributed by atoms with van der Waals surface area (Å²) in [6.07, 6.45) is 0.572. The number of rotatable bonds is 1. The third-order valence-electron chi connectivity index (χ3n) is 3.55. The largest absolute Gasteiger partial charge is 0.388 e. The van der Waals surface area contributed by atoms with Gasteiger partial charge in [0.2, 0.25) is 0 Å². The van der Waals surface area contributed by atoms with Gasteiger partial charge in [-0.2, -0.15) is 5.11 Å². The van der Waals surface area contributed by atoms with Crippen LogP contribution in [0, 0.1) is 0 Å². The molecule has 2 saturated heterocycles. The second-order valence-corrected chi connectivity index (χ2v) is 5.14. The highest BCUT2D eigenvalue weighted by Crippen LogP contribution is 2.40. The van der Waals surface area contributed by atoms with Crippen LogP contribution in [0.25, 0.3) is 0 Å². The first kappa shape index (κ1) is 11.1. The van der Waals surface area contributed by atoms with Crippen LogP contribution < -0.4 is 0 Å². The Labute approximate surface area is 99.9 Å². The summed E-state index contributed by atoms with van der Waals surface area (Å²) in [4.78, 5) is 0. The Kier molecular flexibility index (Phi) is 2.30. The molecule has 0 spiro atoms. The summed E-state index contributed by atoms with van der Waals surface area (Å²) < 4.78 is 11.6. The smallest absolute Gasteiger partial charge is 0.164 e. The van der Waals surface area contributed by atoms with E-state index in [9.17, 15) is 5.11 Å². The van der Waals surface area contributed by atoms with Gasteiger partial charge in [0.25, 0.3) is 0 Å². The van der Waals surface area contributed by atoms with Crippen LogP contribution >= 0.6 is 0 Å². The van der Waals surface area contributed by atoms with Crippen molar-refractivity contribution in [1.82, 2.24) is 5.01 Å². The van der Waals surface area contributed by atoms with Crippen LogP contribution in [0.1, 0.15) is 13.8 Å². The summed E-state index contributed by atoms with van der Waals surface area (Å²) in [5.41, 5.74) is 0. The molecule has 0 aliphatic carbocycles. The van der Waals surface area contributed by atoms with E-state index in [2.05, 4.69) is 16.9 Å². The molecule has 0 aromatic heterocycles. The first-order valence-corrected chi connectivity index (χ1v) is 5.85. The lowest BCUT2D eigenvalue weighted by atomic mass is 9.90. The van der Waals surface area contributed by atoms with Gasteiger partial charge in [0, 0.05) is 0 Å². The van der Waals surface area contributed by atoms with E-state index < -0.39 is 11.9 Å². The molecule has 6 heteroatoms. The molecule has 3 rings (SSSR count). The van der Waals surface area contributed by atoms with Gasteiger partial charge in [-0.25, -0.2) is 0 Å². The molecule has 2 fully saturated rings. The lowest BCUT2D eigenvalue weighted by molar-refractivity contribution is -0.154. The number of piperidine rings is 1. The summed E-state index contributed by atoms with van der Waals surface area (Å²) in [5, 5.41) is 20.1. The van der Waals surface area contributed by atoms with Gasteiger partial charge < -0.3 is 14.6 Å². The third kappa shape index (κ3) is 1.51. The minimum Gasteiger partial charge on any atom is -0.388 e. The van der Waals surface area contributed by atoms with Crippen molar-refractivity contribution in [1.29, 1.82) is 0 Å². The molecular weight excluding hydrogens is 222 g/mol. The number of ether oxygens (including phenoxy) is 2. The maximum Gasteiger partial charge on any atom is 0.164 e. The molecule has 0 radical (unpaired) electrons. The fourth-order valence-corrected chi connectivity index (χ4v) is 2.85. The molecule has 0 unspecified atom stereocenters. The Hall–Kier alpha value is -0.980. The predicted molar refractivity (Wildman–Crippen MR) is 59.2 cm³/mol. The molecule has 5 atom stereocenters. The van der Waals surface area contributed by atoms with Crippen LogP contribution in [0.4, 0.5) is 0 Å². The molecule has 6 nitrogen and oxygen atoms in total. The van der Waals surface area contributed by atoms with Gasteiger partial charge in [-0.15, -0.1) is 6.58 Å². The monoisotopic (exact) mass is 239 g/mol. The maximum absolute atomic E-state index is 10.3. The topological polar surface area (TPSA) is 66.6 Å². The molecule has 0 bridgehead atoms. The van der Waals surface area contributed by atoms with Crippen molar-refractivity contribution in [3.8, 4) is 0 Å². The second kappa shape index (κ2) is 3.51. The number of nitrogens with zero attached hydrogens (tertiary/aromatic N) is 3. The molecule has 3 aliphatic heterocycles. The number of fused-ring (bicyclic) bond motifs is 2. The zero-order valence-electron chi connectivity index (χ0n) is 9.98. The highest BCUT2D eigenvalue weighted by Gasteiger charge is 2.57. The van der Waals surface area contributed by atoms with Crippen LogP contribution in [-0.2, 0) is 9.47 Å². The van der Waals surface area contributed by atoms with E-state index in [1.165, 1.54) is 0 Å². The summed E-state index contributed by atoms with van der Waals surface area (Å²) >= 11 is 0. The summed E-state index contributed by atoms with van der Waals surface area (Å²) in [5.74, 6) is -0.672. The van der Waals surface area contributed by atoms with Crippen LogP contribution in [0.2, 0.25) is 0 Å². The normalized spacial score (nSPS) is 46.8. The fraction of sp³-hybridized carbons (Fsp3) is 0.818. The first-order valence-electron chi connectivity index (χ1n) is 5.85. The van der Waals surface area contributed by atoms with E-state index in [4.69, 9.17) is 9.47 Å². The summed E-state index contributed by atoms with van der Waals surface area (Å²) in [6.45, 7) is 8.02. The Morgan fingerprint density at radius 1 is 1.41 bits per heavy atom. The average molecular weight is 239 g/mol. The fourth-order valence-electron chi connectivity index (χ4n) is 2.85. The predicted octanol–water partition coefficient (Wildman–Crippen LogP) is 0.487. The molecule has 17 heavy (non-hydrogen) atoms. The van der Waals surface area contributed by atoms with Crippen molar-refractivity contribution in [2.24, 2.45) is 10.3 Å². The van der Waals surface area contributed by atoms with Gasteiger partial charge >= 0.3 is 0 Å². The minimum absolute atomic E-state index is 0.0959. The van der Waals surface area contributed by atoms with Crippen LogP contribution in [0.15, 0.2) is 23.0 Å². The van der Waals surface area contributed by atoms with Crippen molar-refractivity contribution in [3.63, 3.8) is 0 Å². The quantitative estimate of drug-likeness (QED) is 0.676. The molecule has 0 aromatic rings. The molecule has 1 N–H and O–H groups in total. The number of hydrogen-bond acceptors (Lipinski definition) is 6. The van der Waals surface area contributed by atoms with E-state index in [1.54, 1.807) is 11.1 Å². The van der Waals surface area contributed by atoms with E-state index in [0.717, 1.165) is 0 Å². The van der Waals surface area contributed by atoms with Crippen molar-refractivity contribution in [2.75, 3.05) is 6.54 Å². The molecule has 0 aromatic carbocycles. The van der Waals surface area contributed by atoms with Gasteiger partial charge in [-0.05, 0) is 13.8 Å². The van der Waals surface area contributed by atoms with Gasteiger partial charge in [0.05, 0.1) is 18.6 Å². The zero-order chi connectivity index (χ0) is 12.2. The number of aliphatic hydroxyl groups is 1. The Morgan fingerprint density at radius 3 is 2.82 bits per heavy atom. The van der Waals surface area contributed by atoms with E-state index in [1.807, 2.05) is 13.8 Å². The molecular formula is C11H17N3O3. The first-order chi connectivity index (χ1) is 8.03. The summed E-state index contributed by atoms with van der Waals surface area (Å²) in [7, 11) is 0. The molecule has 3 aliphatic rings. The lowest BCUT2D eigenvalue weighted by Gasteiger charge is -2.42. The SMILES string of the molecule is C=C[C@@H]1[C@H]2OC(C)(C)O[C@H]2[C@H](O)[C@H]2CN=NN12. The van der Waals surface area contributed by atoms with Crippen LogP contribution in [0.5, 0.6) is 0 Å². The highest BCUT2D eigenvalue weighted by molar-refractivity contribution is 5.10. The molecule has 0 saturated carbocycles. The van der Waals surface area contributed by atoms with Crippen molar-refractivity contribution < 1.29 is 14.6 Å². The lowest BCUT2D eigenvalue weighted by Crippen LogP contribution is -2.62. The Morgan fingerprint density at radius 2 is 2.12 bits per heavy atom. The second-order valence-electron chi connectivity index (χ2n) is 5.14. The highest BCUT2D eigenvalue weighted by atomic mass is 16.8. The average Bonchev–Trinajstić information content (AvgIpc) is 2.83. The zero-order valence-corrected chi connectivity index (χ0v) is 9.98. The van der Waals surface area contributed by atoms with Gasteiger partial charge in [-0.1, -0.05) is 11.3 Å². The summed E-state index contributed by atoms with van der Waals surface area (Å²) in [6, 6.07) is -0.224. The number of hydrogen-bond donors (Lipinski definition) is 1. The molecule has 94 valence electrons. The maximum atomic E-state index is 10.3. The van der Waals surface area contributed by atoms with E-state index in [0.29, 0.717) is 6.54 Å². The molecule has 0 amide bonds. The van der Waals surface area contributed by atoms with Crippen LogP contribution in [-0.4, -0.2) is 52.8 Å². The Balaban J connectivity index is 1.94. The Bertz CT molecular complexity index is 371. The van der Waals surface area contributed by atoms with Crippen LogP contribution in [0.3, 0.4) is 0 Å². The third-order valence-corrected chi connectivity index (χ3v) is 3.55. The minimum atomic E-state index is -0.672. The van der Waals surface area contributed by atoms with Crippen molar-refractivity contribution >= 4 is 0 Å². The van der Waals surface area contributed by atoms with Gasteiger partial charge in [-0.3, -0.25) is 5.01 Å². The standard InChI is InChI=1S/C11H17N3O3/c1-4-6-9-10(17-11(2,3)16-9)8(15)7-5-12-13-14(6)7/h4,6-10,15H,1,5H2,2-3H3/t6-,7-,8-,9-,10+/m1/s1. The van der Waals surface area contributed by atoms with Gasteiger partial charge in [0.1, 0.15) is 18.3 Å². The van der Waals surface area contributed by atoms with E-state index in [-0.39, 0.29) is 24.3 Å². The van der Waals surface area contributed by atoms with Crippen molar-refractivity contribution in [3.05, 3.63) is 12.7 Å². The number of aliphatic hydroxyl groups excluding tert-OH is 1. The van der Waals surface area contributed by atoms with Gasteiger partial charge in [0.15, 0.2) is 5.79 Å².